The average molecular weight is 331 g/mol. The zero-order valence-corrected chi connectivity index (χ0v) is 14.9. The maximum Gasteiger partial charge on any atom is 0.243 e. The average Bonchev–Trinajstić information content (AvgIpc) is 2.45. The number of hydrogen-bond acceptors (Lipinski definition) is 2. The lowest BCUT2D eigenvalue weighted by molar-refractivity contribution is 0.473. The van der Waals surface area contributed by atoms with E-state index >= 15 is 0 Å². The SMILES string of the molecule is C=C(C)/C=C/CN(C/C=C/C(=C)C)S(=O)(=O)c1ccc(C)cc1. The molecule has 0 bridgehead atoms. The van der Waals surface area contributed by atoms with Crippen LogP contribution in [0.1, 0.15) is 19.4 Å². The Bertz CT molecular complexity index is 684. The van der Waals surface area contributed by atoms with Crippen LogP contribution in [0.3, 0.4) is 0 Å². The van der Waals surface area contributed by atoms with Crippen LogP contribution in [-0.4, -0.2) is 25.8 Å². The summed E-state index contributed by atoms with van der Waals surface area (Å²) in [5.74, 6) is 0. The third kappa shape index (κ3) is 6.38. The molecular weight excluding hydrogens is 306 g/mol. The van der Waals surface area contributed by atoms with E-state index in [0.29, 0.717) is 18.0 Å². The number of benzene rings is 1. The molecule has 0 spiro atoms. The zero-order valence-electron chi connectivity index (χ0n) is 14.1. The minimum atomic E-state index is -3.54. The topological polar surface area (TPSA) is 37.4 Å². The highest BCUT2D eigenvalue weighted by Crippen LogP contribution is 2.16. The van der Waals surface area contributed by atoms with E-state index in [-0.39, 0.29) is 0 Å². The van der Waals surface area contributed by atoms with Gasteiger partial charge in [-0.1, -0.05) is 66.3 Å². The molecule has 0 atom stereocenters. The van der Waals surface area contributed by atoms with Gasteiger partial charge in [-0.3, -0.25) is 0 Å². The number of nitrogens with zero attached hydrogens (tertiary/aromatic N) is 1. The second kappa shape index (κ2) is 8.65. The molecule has 0 amide bonds. The summed E-state index contributed by atoms with van der Waals surface area (Å²) in [4.78, 5) is 0.301. The van der Waals surface area contributed by atoms with Gasteiger partial charge in [0, 0.05) is 13.1 Å². The molecule has 0 heterocycles. The van der Waals surface area contributed by atoms with E-state index in [0.717, 1.165) is 16.7 Å². The quantitative estimate of drug-likeness (QED) is 0.668. The molecule has 0 N–H and O–H groups in total. The van der Waals surface area contributed by atoms with Crippen LogP contribution >= 0.6 is 0 Å². The number of hydrogen-bond donors (Lipinski definition) is 0. The first-order valence-corrected chi connectivity index (χ1v) is 8.88. The van der Waals surface area contributed by atoms with Crippen LogP contribution in [0.5, 0.6) is 0 Å². The maximum atomic E-state index is 12.8. The summed E-state index contributed by atoms with van der Waals surface area (Å²) < 4.78 is 27.0. The summed E-state index contributed by atoms with van der Waals surface area (Å²) in [6.07, 6.45) is 7.26. The highest BCUT2D eigenvalue weighted by molar-refractivity contribution is 7.89. The van der Waals surface area contributed by atoms with Gasteiger partial charge in [-0.05, 0) is 32.9 Å². The zero-order chi connectivity index (χ0) is 17.5. The first-order chi connectivity index (χ1) is 10.7. The summed E-state index contributed by atoms with van der Waals surface area (Å²) in [5.41, 5.74) is 2.80. The van der Waals surface area contributed by atoms with E-state index in [1.54, 1.807) is 24.3 Å². The summed E-state index contributed by atoms with van der Waals surface area (Å²) in [5, 5.41) is 0. The van der Waals surface area contributed by atoms with Crippen molar-refractivity contribution in [3.8, 4) is 0 Å². The minimum absolute atomic E-state index is 0.295. The Kier molecular flexibility index (Phi) is 7.20. The predicted octanol–water partition coefficient (Wildman–Crippen LogP) is 4.25. The van der Waals surface area contributed by atoms with Gasteiger partial charge in [0.1, 0.15) is 0 Å². The molecule has 0 fully saturated rings. The van der Waals surface area contributed by atoms with Gasteiger partial charge in [0.25, 0.3) is 0 Å². The van der Waals surface area contributed by atoms with Crippen LogP contribution in [0.2, 0.25) is 0 Å². The summed E-state index contributed by atoms with van der Waals surface area (Å²) in [6.45, 7) is 13.8. The first kappa shape index (κ1) is 19.1. The Morgan fingerprint density at radius 2 is 1.43 bits per heavy atom. The maximum absolute atomic E-state index is 12.8. The van der Waals surface area contributed by atoms with E-state index in [2.05, 4.69) is 13.2 Å². The van der Waals surface area contributed by atoms with E-state index in [1.165, 1.54) is 4.31 Å². The van der Waals surface area contributed by atoms with Crippen molar-refractivity contribution in [3.05, 3.63) is 78.4 Å². The molecule has 0 radical (unpaired) electrons. The van der Waals surface area contributed by atoms with Crippen molar-refractivity contribution in [2.75, 3.05) is 13.1 Å². The fraction of sp³-hybridized carbons (Fsp3) is 0.263. The molecule has 23 heavy (non-hydrogen) atoms. The lowest BCUT2D eigenvalue weighted by Gasteiger charge is -2.19. The molecule has 4 heteroatoms. The monoisotopic (exact) mass is 331 g/mol. The largest absolute Gasteiger partial charge is 0.243 e. The predicted molar refractivity (Wildman–Crippen MR) is 97.8 cm³/mol. The molecule has 0 aromatic heterocycles. The highest BCUT2D eigenvalue weighted by Gasteiger charge is 2.22. The van der Waals surface area contributed by atoms with Crippen molar-refractivity contribution in [3.63, 3.8) is 0 Å². The molecule has 0 aliphatic rings. The van der Waals surface area contributed by atoms with Crippen molar-refractivity contribution >= 4 is 10.0 Å². The Morgan fingerprint density at radius 1 is 1.00 bits per heavy atom. The normalized spacial score (nSPS) is 12.3. The summed E-state index contributed by atoms with van der Waals surface area (Å²) in [6, 6.07) is 6.89. The van der Waals surface area contributed by atoms with E-state index in [4.69, 9.17) is 0 Å². The third-order valence-corrected chi connectivity index (χ3v) is 4.93. The Hall–Kier alpha value is -1.91. The van der Waals surface area contributed by atoms with Crippen molar-refractivity contribution < 1.29 is 8.42 Å². The molecule has 124 valence electrons. The molecule has 0 aliphatic heterocycles. The fourth-order valence-corrected chi connectivity index (χ4v) is 3.22. The van der Waals surface area contributed by atoms with E-state index in [9.17, 15) is 8.42 Å². The van der Waals surface area contributed by atoms with Crippen molar-refractivity contribution in [1.29, 1.82) is 0 Å². The van der Waals surface area contributed by atoms with Crippen LogP contribution in [0.15, 0.2) is 77.8 Å². The fourth-order valence-electron chi connectivity index (χ4n) is 1.87. The van der Waals surface area contributed by atoms with Crippen LogP contribution < -0.4 is 0 Å². The Balaban J connectivity index is 3.06. The highest BCUT2D eigenvalue weighted by atomic mass is 32.2. The first-order valence-electron chi connectivity index (χ1n) is 7.44. The van der Waals surface area contributed by atoms with Gasteiger partial charge in [0.05, 0.1) is 4.90 Å². The molecule has 1 aromatic carbocycles. The van der Waals surface area contributed by atoms with Gasteiger partial charge >= 0.3 is 0 Å². The van der Waals surface area contributed by atoms with Gasteiger partial charge in [-0.15, -0.1) is 0 Å². The Labute approximate surface area is 140 Å². The summed E-state index contributed by atoms with van der Waals surface area (Å²) in [7, 11) is -3.54. The molecule has 1 aromatic rings. The lowest BCUT2D eigenvalue weighted by atomic mass is 10.2. The Morgan fingerprint density at radius 3 is 1.83 bits per heavy atom. The molecule has 0 saturated heterocycles. The summed E-state index contributed by atoms with van der Waals surface area (Å²) >= 11 is 0. The van der Waals surface area contributed by atoms with Gasteiger partial charge in [0.15, 0.2) is 0 Å². The molecule has 1 rings (SSSR count). The molecule has 0 aliphatic carbocycles. The molecule has 3 nitrogen and oxygen atoms in total. The number of rotatable bonds is 8. The van der Waals surface area contributed by atoms with Gasteiger partial charge in [-0.25, -0.2) is 8.42 Å². The van der Waals surface area contributed by atoms with Crippen molar-refractivity contribution in [2.45, 2.75) is 25.7 Å². The van der Waals surface area contributed by atoms with Crippen LogP contribution in [0.25, 0.3) is 0 Å². The van der Waals surface area contributed by atoms with Gasteiger partial charge in [0.2, 0.25) is 10.0 Å². The van der Waals surface area contributed by atoms with Crippen LogP contribution in [0, 0.1) is 6.92 Å². The van der Waals surface area contributed by atoms with Gasteiger partial charge < -0.3 is 0 Å². The van der Waals surface area contributed by atoms with E-state index in [1.807, 2.05) is 45.1 Å². The lowest BCUT2D eigenvalue weighted by Crippen LogP contribution is -2.31. The van der Waals surface area contributed by atoms with Gasteiger partial charge in [-0.2, -0.15) is 4.31 Å². The molecule has 0 unspecified atom stereocenters. The minimum Gasteiger partial charge on any atom is -0.207 e. The van der Waals surface area contributed by atoms with Crippen molar-refractivity contribution in [2.24, 2.45) is 0 Å². The molecule has 0 saturated carbocycles. The number of sulfonamides is 1. The third-order valence-electron chi connectivity index (χ3n) is 3.08. The van der Waals surface area contributed by atoms with Crippen LogP contribution in [0.4, 0.5) is 0 Å². The number of allylic oxidation sites excluding steroid dienone is 4. The second-order valence-corrected chi connectivity index (χ2v) is 7.57. The van der Waals surface area contributed by atoms with Crippen molar-refractivity contribution in [1.82, 2.24) is 4.31 Å². The molecular formula is C19H25NO2S. The smallest absolute Gasteiger partial charge is 0.207 e. The van der Waals surface area contributed by atoms with Crippen LogP contribution in [-0.2, 0) is 10.0 Å². The number of aryl methyl sites for hydroxylation is 1. The second-order valence-electron chi connectivity index (χ2n) is 5.63. The van der Waals surface area contributed by atoms with E-state index < -0.39 is 10.0 Å². The standard InChI is InChI=1S/C19H25NO2S/c1-16(2)8-6-14-20(15-7-9-17(3)4)23(21,22)19-12-10-18(5)11-13-19/h6-13H,1,3,14-15H2,2,4-5H3/b8-6+,9-7+.